The van der Waals surface area contributed by atoms with Crippen LogP contribution in [-0.2, 0) is 33.4 Å². The number of esters is 1. The number of methoxy groups -OCH3 is 1. The van der Waals surface area contributed by atoms with Crippen LogP contribution in [0.25, 0.3) is 22.5 Å². The number of nitrogens with zero attached hydrogens (tertiary/aromatic N) is 4. The fourth-order valence-electron chi connectivity index (χ4n) is 11.3. The minimum absolute atomic E-state index is 0.00880. The van der Waals surface area contributed by atoms with Crippen LogP contribution in [0.15, 0.2) is 48.8 Å². The smallest absolute Gasteiger partial charge is 0.306 e. The van der Waals surface area contributed by atoms with Crippen LogP contribution in [0, 0.1) is 55.3 Å². The number of ether oxygens (including phenoxy) is 3. The van der Waals surface area contributed by atoms with Crippen molar-refractivity contribution in [2.24, 2.45) is 29.6 Å². The summed E-state index contributed by atoms with van der Waals surface area (Å²) in [4.78, 5) is 74.0. The van der Waals surface area contributed by atoms with Crippen molar-refractivity contribution in [3.05, 3.63) is 82.7 Å². The molecule has 3 N–H and O–H groups in total. The topological polar surface area (TPSA) is 172 Å². The molecule has 4 aliphatic heterocycles. The third kappa shape index (κ3) is 8.73. The molecule has 8 atom stereocenters. The molecule has 6 aliphatic rings. The minimum Gasteiger partial charge on any atom is -0.469 e. The molecule has 6 heterocycles. The second kappa shape index (κ2) is 17.9. The maximum Gasteiger partial charge on any atom is 0.306 e. The van der Waals surface area contributed by atoms with E-state index in [0.717, 1.165) is 108 Å². The molecule has 65 heavy (non-hydrogen) atoms. The molecule has 4 saturated heterocycles. The van der Waals surface area contributed by atoms with Gasteiger partial charge in [-0.15, -0.1) is 0 Å². The van der Waals surface area contributed by atoms with E-state index in [4.69, 9.17) is 24.2 Å². The second-order valence-electron chi connectivity index (χ2n) is 19.3. The van der Waals surface area contributed by atoms with E-state index < -0.39 is 12.0 Å². The molecule has 0 radical (unpaired) electrons. The zero-order valence-electron chi connectivity index (χ0n) is 37.7. The molecule has 14 nitrogen and oxygen atoms in total. The molecule has 6 fully saturated rings. The molecule has 14 heteroatoms. The van der Waals surface area contributed by atoms with Crippen LogP contribution < -0.4 is 5.32 Å². The standard InChI is InChI=1S/C51H59N7O7/c1-28-19-35(40-26-52-48(55-40)44-23-37-21-42(37)57(44)50(61)39(25-46(60)63-4)33-11-15-64-16-12-33)9-7-31(28)5-6-32-8-10-36(20-29(32)2)41-27-53-49(56-41)45-24-38-22-43(38)58(45)51(62)47(54-30(3)59)34-13-17-65-18-14-34/h7-10,19-20,26-27,33-34,37-39,42-45,47H,11-18,21-25H2,1-4H3,(H,52,55)(H,53,56)(H,54,59)/t37-,38-,39+,42-,43-,44+,45+,47+/m1/s1. The Morgan fingerprint density at radius 1 is 0.738 bits per heavy atom. The number of likely N-dealkylation sites (tertiary alicyclic amines) is 2. The Kier molecular flexibility index (Phi) is 11.9. The number of hydrogen-bond acceptors (Lipinski definition) is 9. The van der Waals surface area contributed by atoms with Gasteiger partial charge in [-0.05, 0) is 135 Å². The summed E-state index contributed by atoms with van der Waals surface area (Å²) in [6, 6.07) is 11.9. The quantitative estimate of drug-likeness (QED) is 0.115. The summed E-state index contributed by atoms with van der Waals surface area (Å²) in [6.45, 7) is 8.02. The lowest BCUT2D eigenvalue weighted by atomic mass is 9.82. The van der Waals surface area contributed by atoms with Crippen molar-refractivity contribution in [1.82, 2.24) is 35.1 Å². The van der Waals surface area contributed by atoms with E-state index in [2.05, 4.69) is 65.2 Å². The number of fused-ring (bicyclic) bond motifs is 2. The third-order valence-corrected chi connectivity index (χ3v) is 15.1. The molecule has 2 aromatic carbocycles. The molecule has 2 saturated carbocycles. The van der Waals surface area contributed by atoms with Gasteiger partial charge in [0.1, 0.15) is 17.7 Å². The van der Waals surface area contributed by atoms with Crippen LogP contribution in [0.3, 0.4) is 0 Å². The number of carbonyl (C=O) groups is 4. The van der Waals surface area contributed by atoms with Crippen molar-refractivity contribution >= 4 is 23.7 Å². The van der Waals surface area contributed by atoms with Crippen LogP contribution in [0.2, 0.25) is 0 Å². The van der Waals surface area contributed by atoms with Gasteiger partial charge in [0.05, 0.1) is 55.3 Å². The summed E-state index contributed by atoms with van der Waals surface area (Å²) in [5.74, 6) is 8.47. The van der Waals surface area contributed by atoms with Gasteiger partial charge in [-0.1, -0.05) is 24.0 Å². The number of aryl methyl sites for hydroxylation is 2. The Labute approximate surface area is 380 Å². The maximum absolute atomic E-state index is 14.3. The Hall–Kier alpha value is -5.78. The number of amides is 3. The molecule has 4 aromatic rings. The van der Waals surface area contributed by atoms with E-state index >= 15 is 0 Å². The highest BCUT2D eigenvalue weighted by molar-refractivity contribution is 5.88. The van der Waals surface area contributed by atoms with Crippen molar-refractivity contribution < 1.29 is 33.4 Å². The summed E-state index contributed by atoms with van der Waals surface area (Å²) >= 11 is 0. The average Bonchev–Trinajstić information content (AvgIpc) is 3.89. The maximum atomic E-state index is 14.3. The van der Waals surface area contributed by atoms with Crippen LogP contribution in [0.1, 0.15) is 111 Å². The van der Waals surface area contributed by atoms with E-state index in [1.807, 2.05) is 34.3 Å². The van der Waals surface area contributed by atoms with Crippen LogP contribution >= 0.6 is 0 Å². The molecule has 340 valence electrons. The number of H-pyrrole nitrogens is 2. The highest BCUT2D eigenvalue weighted by atomic mass is 16.5. The van der Waals surface area contributed by atoms with Crippen molar-refractivity contribution in [3.8, 4) is 34.4 Å². The van der Waals surface area contributed by atoms with Crippen LogP contribution in [0.5, 0.6) is 0 Å². The van der Waals surface area contributed by atoms with Crippen LogP contribution in [-0.4, -0.2) is 105 Å². The van der Waals surface area contributed by atoms with Gasteiger partial charge in [0.25, 0.3) is 0 Å². The van der Waals surface area contributed by atoms with Gasteiger partial charge >= 0.3 is 5.97 Å². The van der Waals surface area contributed by atoms with Crippen molar-refractivity contribution in [2.75, 3.05) is 33.5 Å². The lowest BCUT2D eigenvalue weighted by Gasteiger charge is -2.35. The molecule has 0 unspecified atom stereocenters. The molecule has 2 aromatic heterocycles. The number of benzene rings is 2. The molecule has 3 amide bonds. The second-order valence-corrected chi connectivity index (χ2v) is 19.3. The summed E-state index contributed by atoms with van der Waals surface area (Å²) in [5.41, 5.74) is 7.69. The number of hydrogen-bond donors (Lipinski definition) is 3. The number of aromatic amines is 2. The van der Waals surface area contributed by atoms with Crippen molar-refractivity contribution in [1.29, 1.82) is 0 Å². The molecular weight excluding hydrogens is 823 g/mol. The molecule has 10 rings (SSSR count). The van der Waals surface area contributed by atoms with E-state index in [0.29, 0.717) is 38.3 Å². The number of nitrogens with one attached hydrogen (secondary N) is 3. The number of carbonyl (C=O) groups excluding carboxylic acids is 4. The molecular formula is C51H59N7O7. The normalized spacial score (nSPS) is 25.8. The Bertz CT molecular complexity index is 2540. The van der Waals surface area contributed by atoms with Gasteiger partial charge in [-0.25, -0.2) is 9.97 Å². The van der Waals surface area contributed by atoms with Gasteiger partial charge in [-0.2, -0.15) is 0 Å². The number of imidazole rings is 2. The monoisotopic (exact) mass is 881 g/mol. The van der Waals surface area contributed by atoms with Gasteiger partial charge in [0.2, 0.25) is 17.7 Å². The van der Waals surface area contributed by atoms with E-state index in [-0.39, 0.29) is 66.1 Å². The fourth-order valence-corrected chi connectivity index (χ4v) is 11.3. The minimum atomic E-state index is -0.558. The third-order valence-electron chi connectivity index (χ3n) is 15.1. The Balaban J connectivity index is 0.809. The van der Waals surface area contributed by atoms with Gasteiger partial charge < -0.3 is 39.3 Å². The summed E-state index contributed by atoms with van der Waals surface area (Å²) in [5, 5.41) is 2.99. The summed E-state index contributed by atoms with van der Waals surface area (Å²) in [6.07, 6.45) is 10.5. The van der Waals surface area contributed by atoms with Crippen LogP contribution in [0.4, 0.5) is 0 Å². The van der Waals surface area contributed by atoms with E-state index in [1.165, 1.54) is 14.0 Å². The largest absolute Gasteiger partial charge is 0.469 e. The summed E-state index contributed by atoms with van der Waals surface area (Å²) in [7, 11) is 1.38. The average molecular weight is 882 g/mol. The molecule has 0 spiro atoms. The lowest BCUT2D eigenvalue weighted by Crippen LogP contribution is -2.53. The van der Waals surface area contributed by atoms with Gasteiger partial charge in [0.15, 0.2) is 0 Å². The fraction of sp³-hybridized carbons (Fsp3) is 0.529. The first-order chi connectivity index (χ1) is 31.5. The number of aromatic nitrogens is 4. The zero-order valence-corrected chi connectivity index (χ0v) is 37.7. The lowest BCUT2D eigenvalue weighted by molar-refractivity contribution is -0.150. The SMILES string of the molecule is COC(=O)C[C@H](C(=O)N1[C@@H]2C[C@@H]2C[C@H]1c1ncc(-c2ccc(C#Cc3ccc(-c4cnc([C@@H]5C[C@H]6C[C@H]6N5C(=O)[C@@H](NC(C)=O)C5CCOCC5)[nH]4)cc3C)c(C)c2)[nH]1)C1CCOCC1. The van der Waals surface area contributed by atoms with E-state index in [9.17, 15) is 19.2 Å². The Morgan fingerprint density at radius 2 is 1.23 bits per heavy atom. The highest BCUT2D eigenvalue weighted by Crippen LogP contribution is 2.55. The Morgan fingerprint density at radius 3 is 1.71 bits per heavy atom. The number of rotatable bonds is 11. The first-order valence-corrected chi connectivity index (χ1v) is 23.5. The summed E-state index contributed by atoms with van der Waals surface area (Å²) < 4.78 is 16.2. The number of piperidine rings is 2. The van der Waals surface area contributed by atoms with Crippen molar-refractivity contribution in [2.45, 2.75) is 109 Å². The van der Waals surface area contributed by atoms with Gasteiger partial charge in [-0.3, -0.25) is 19.2 Å². The highest BCUT2D eigenvalue weighted by Gasteiger charge is 2.58. The predicted molar refractivity (Wildman–Crippen MR) is 241 cm³/mol. The first kappa shape index (κ1) is 43.1. The molecule has 0 bridgehead atoms. The predicted octanol–water partition coefficient (Wildman–Crippen LogP) is 6.34. The first-order valence-electron chi connectivity index (χ1n) is 23.5. The van der Waals surface area contributed by atoms with Crippen molar-refractivity contribution in [3.63, 3.8) is 0 Å². The van der Waals surface area contributed by atoms with Gasteiger partial charge in [0, 0.05) is 56.6 Å². The zero-order chi connectivity index (χ0) is 44.9. The van der Waals surface area contributed by atoms with E-state index in [1.54, 1.807) is 0 Å². The molecule has 2 aliphatic carbocycles.